The Morgan fingerprint density at radius 3 is 1.29 bits per heavy atom. The highest BCUT2D eigenvalue weighted by Crippen LogP contribution is 2.33. The molecule has 4 unspecified atom stereocenters. The van der Waals surface area contributed by atoms with Crippen LogP contribution in [0.2, 0.25) is 20.1 Å². The fourth-order valence-electron chi connectivity index (χ4n) is 2.15. The van der Waals surface area contributed by atoms with E-state index in [9.17, 15) is 37.3 Å². The molecule has 0 heterocycles. The van der Waals surface area contributed by atoms with Gasteiger partial charge < -0.3 is 20.4 Å². The summed E-state index contributed by atoms with van der Waals surface area (Å²) in [6.07, 6.45) is -4.16. The number of nitrogens with one attached hydrogen (secondary N) is 2. The molecule has 2 aromatic rings. The van der Waals surface area contributed by atoms with Crippen molar-refractivity contribution in [2.24, 2.45) is 0 Å². The van der Waals surface area contributed by atoms with Crippen molar-refractivity contribution in [3.8, 4) is 0 Å². The minimum Gasteiger partial charge on any atom is -0.377 e. The summed E-state index contributed by atoms with van der Waals surface area (Å²) in [7, 11) is -8.13. The number of aliphatic hydroxyl groups excluding tert-OH is 4. The van der Waals surface area contributed by atoms with E-state index in [-0.39, 0.29) is 20.1 Å². The molecule has 2 rings (SSSR count). The van der Waals surface area contributed by atoms with Gasteiger partial charge in [0.2, 0.25) is 20.0 Å². The Bertz CT molecular complexity index is 1140. The second kappa shape index (κ2) is 12.5. The molecule has 190 valence electrons. The quantitative estimate of drug-likeness (QED) is 0.159. The second-order valence-corrected chi connectivity index (χ2v) is 13.8. The molecule has 4 atom stereocenters. The molecule has 2 aromatic carbocycles. The van der Waals surface area contributed by atoms with E-state index >= 15 is 0 Å². The summed E-state index contributed by atoms with van der Waals surface area (Å²) in [6, 6.07) is 7.21. The third-order valence-electron chi connectivity index (χ3n) is 3.71. The van der Waals surface area contributed by atoms with Gasteiger partial charge in [-0.3, -0.25) is 0 Å². The minimum absolute atomic E-state index is 0.0587. The first-order valence-corrected chi connectivity index (χ1v) is 15.4. The van der Waals surface area contributed by atoms with Crippen molar-refractivity contribution < 1.29 is 37.3 Å². The maximum Gasteiger partial charge on any atom is 0.244 e. The first-order valence-electron chi connectivity index (χ1n) is 8.63. The molecule has 0 aliphatic heterocycles. The molecule has 0 radical (unpaired) electrons. The molecule has 0 aliphatic rings. The summed E-state index contributed by atoms with van der Waals surface area (Å²) in [5.41, 5.74) is -3.72. The molecular formula is C16H16Cl4N2O8S4. The predicted molar refractivity (Wildman–Crippen MR) is 133 cm³/mol. The molecule has 34 heavy (non-hydrogen) atoms. The van der Waals surface area contributed by atoms with Crippen LogP contribution in [0.15, 0.2) is 46.2 Å². The van der Waals surface area contributed by atoms with E-state index in [1.165, 1.54) is 24.3 Å². The molecule has 18 heteroatoms. The van der Waals surface area contributed by atoms with E-state index in [1.54, 1.807) is 9.44 Å². The van der Waals surface area contributed by atoms with Crippen molar-refractivity contribution in [3.63, 3.8) is 0 Å². The van der Waals surface area contributed by atoms with Crippen LogP contribution in [0.5, 0.6) is 0 Å². The van der Waals surface area contributed by atoms with E-state index in [2.05, 4.69) is 0 Å². The first-order chi connectivity index (χ1) is 15.6. The Labute approximate surface area is 223 Å². The standard InChI is InChI=1S/C16H16Cl4N2O8S4/c17-7-1-3-9(19)11(5-7)33(27,28)21-13(23)15(25)31-32-16(26)14(24)22-34(29,30)12-6-8(18)2-4-10(12)20/h1-6,13-16,21-26H. The molecule has 0 bridgehead atoms. The van der Waals surface area contributed by atoms with Crippen LogP contribution in [0.4, 0.5) is 0 Å². The average Bonchev–Trinajstić information content (AvgIpc) is 2.74. The number of rotatable bonds is 11. The normalized spacial score (nSPS) is 16.1. The average molecular weight is 634 g/mol. The number of benzene rings is 2. The lowest BCUT2D eigenvalue weighted by Crippen LogP contribution is -2.43. The fraction of sp³-hybridized carbons (Fsp3) is 0.250. The minimum atomic E-state index is -4.40. The van der Waals surface area contributed by atoms with Gasteiger partial charge in [-0.1, -0.05) is 68.0 Å². The van der Waals surface area contributed by atoms with Gasteiger partial charge in [-0.05, 0) is 36.4 Å². The van der Waals surface area contributed by atoms with E-state index in [0.717, 1.165) is 12.1 Å². The summed E-state index contributed by atoms with van der Waals surface area (Å²) in [5.74, 6) is 0. The van der Waals surface area contributed by atoms with Gasteiger partial charge in [0.05, 0.1) is 10.0 Å². The van der Waals surface area contributed by atoms with Crippen LogP contribution in [0.3, 0.4) is 0 Å². The van der Waals surface area contributed by atoms with E-state index in [1.807, 2.05) is 0 Å². The maximum absolute atomic E-state index is 12.4. The second-order valence-electron chi connectivity index (χ2n) is 6.26. The molecule has 0 aliphatic carbocycles. The summed E-state index contributed by atoms with van der Waals surface area (Å²) < 4.78 is 53.1. The van der Waals surface area contributed by atoms with E-state index in [4.69, 9.17) is 46.4 Å². The van der Waals surface area contributed by atoms with Crippen molar-refractivity contribution in [1.82, 2.24) is 9.44 Å². The Kier molecular flexibility index (Phi) is 11.1. The fourth-order valence-corrected chi connectivity index (χ4v) is 7.89. The molecule has 0 fully saturated rings. The van der Waals surface area contributed by atoms with Crippen molar-refractivity contribution in [2.75, 3.05) is 0 Å². The van der Waals surface area contributed by atoms with Gasteiger partial charge >= 0.3 is 0 Å². The number of aliphatic hydroxyl groups is 4. The van der Waals surface area contributed by atoms with Gasteiger partial charge in [-0.25, -0.2) is 16.8 Å². The summed E-state index contributed by atoms with van der Waals surface area (Å²) >= 11 is 23.2. The van der Waals surface area contributed by atoms with Crippen LogP contribution in [0.25, 0.3) is 0 Å². The van der Waals surface area contributed by atoms with Crippen LogP contribution < -0.4 is 9.44 Å². The Hall–Kier alpha value is -0.0400. The highest BCUT2D eigenvalue weighted by molar-refractivity contribution is 8.77. The van der Waals surface area contributed by atoms with Crippen molar-refractivity contribution >= 4 is 88.0 Å². The third-order valence-corrected chi connectivity index (χ3v) is 10.5. The first kappa shape index (κ1) is 30.2. The van der Waals surface area contributed by atoms with Crippen LogP contribution in [-0.4, -0.2) is 60.6 Å². The molecule has 10 nitrogen and oxygen atoms in total. The van der Waals surface area contributed by atoms with Crippen molar-refractivity contribution in [1.29, 1.82) is 0 Å². The summed E-state index contributed by atoms with van der Waals surface area (Å²) in [5, 5.41) is 39.7. The van der Waals surface area contributed by atoms with E-state index < -0.39 is 53.2 Å². The lowest BCUT2D eigenvalue weighted by molar-refractivity contribution is 0.0638. The van der Waals surface area contributed by atoms with Gasteiger partial charge in [-0.2, -0.15) is 9.44 Å². The number of halogens is 4. The lowest BCUT2D eigenvalue weighted by Gasteiger charge is -2.22. The summed E-state index contributed by atoms with van der Waals surface area (Å²) in [4.78, 5) is -0.898. The lowest BCUT2D eigenvalue weighted by atomic mass is 10.4. The molecule has 0 spiro atoms. The third kappa shape index (κ3) is 8.24. The number of sulfonamides is 2. The molecule has 6 N–H and O–H groups in total. The monoisotopic (exact) mass is 632 g/mol. The van der Waals surface area contributed by atoms with Crippen LogP contribution in [0.1, 0.15) is 0 Å². The zero-order valence-electron chi connectivity index (χ0n) is 16.3. The largest absolute Gasteiger partial charge is 0.377 e. The Balaban J connectivity index is 1.97. The van der Waals surface area contributed by atoms with Crippen LogP contribution in [0, 0.1) is 0 Å². The topological polar surface area (TPSA) is 173 Å². The highest BCUT2D eigenvalue weighted by atomic mass is 35.5. The van der Waals surface area contributed by atoms with Crippen LogP contribution in [-0.2, 0) is 20.0 Å². The highest BCUT2D eigenvalue weighted by Gasteiger charge is 2.30. The maximum atomic E-state index is 12.4. The molecule has 0 saturated heterocycles. The Morgan fingerprint density at radius 1 is 0.647 bits per heavy atom. The molecule has 0 amide bonds. The van der Waals surface area contributed by atoms with Gasteiger partial charge in [0.1, 0.15) is 20.7 Å². The number of hydrogen-bond acceptors (Lipinski definition) is 10. The smallest absolute Gasteiger partial charge is 0.244 e. The number of hydrogen-bond donors (Lipinski definition) is 6. The van der Waals surface area contributed by atoms with Gasteiger partial charge in [0.25, 0.3) is 0 Å². The van der Waals surface area contributed by atoms with Crippen molar-refractivity contribution in [2.45, 2.75) is 33.1 Å². The van der Waals surface area contributed by atoms with Crippen molar-refractivity contribution in [3.05, 3.63) is 56.5 Å². The Morgan fingerprint density at radius 2 is 0.971 bits per heavy atom. The van der Waals surface area contributed by atoms with Gasteiger partial charge in [0.15, 0.2) is 12.5 Å². The molecule has 0 saturated carbocycles. The zero-order chi connectivity index (χ0) is 25.8. The van der Waals surface area contributed by atoms with Gasteiger partial charge in [-0.15, -0.1) is 0 Å². The van der Waals surface area contributed by atoms with Gasteiger partial charge in [0, 0.05) is 10.0 Å². The SMILES string of the molecule is O=S(=O)(NC(O)C(O)SSC(O)C(O)NS(=O)(=O)c1cc(Cl)ccc1Cl)c1cc(Cl)ccc1Cl. The molecular weight excluding hydrogens is 618 g/mol. The predicted octanol–water partition coefficient (Wildman–Crippen LogP) is 2.21. The van der Waals surface area contributed by atoms with Crippen LogP contribution >= 0.6 is 68.0 Å². The van der Waals surface area contributed by atoms with E-state index in [0.29, 0.717) is 21.6 Å². The molecule has 0 aromatic heterocycles. The summed E-state index contributed by atoms with van der Waals surface area (Å²) in [6.45, 7) is 0. The zero-order valence-corrected chi connectivity index (χ0v) is 22.6.